The van der Waals surface area contributed by atoms with E-state index in [0.29, 0.717) is 6.17 Å². The molecule has 2 nitrogen and oxygen atoms in total. The molecule has 0 fully saturated rings. The van der Waals surface area contributed by atoms with Crippen LogP contribution in [0.2, 0.25) is 0 Å². The largest absolute Gasteiger partial charge is 0.359 e. The lowest BCUT2D eigenvalue weighted by atomic mass is 10.2. The van der Waals surface area contributed by atoms with Gasteiger partial charge in [0.25, 0.3) is 0 Å². The van der Waals surface area contributed by atoms with Gasteiger partial charge < -0.3 is 9.80 Å². The first-order valence-corrected chi connectivity index (χ1v) is 5.56. The van der Waals surface area contributed by atoms with Crippen molar-refractivity contribution in [1.29, 1.82) is 0 Å². The van der Waals surface area contributed by atoms with Crippen LogP contribution in [0.4, 0.5) is 5.69 Å². The summed E-state index contributed by atoms with van der Waals surface area (Å²) in [5.41, 5.74) is 1.27. The second-order valence-corrected chi connectivity index (χ2v) is 3.98. The first-order valence-electron chi connectivity index (χ1n) is 5.56. The molecule has 80 valence electrons. The van der Waals surface area contributed by atoms with Gasteiger partial charge in [0, 0.05) is 25.1 Å². The molecule has 0 spiro atoms. The zero-order valence-electron chi connectivity index (χ0n) is 9.43. The highest BCUT2D eigenvalue weighted by Gasteiger charge is 2.23. The molecule has 15 heavy (non-hydrogen) atoms. The van der Waals surface area contributed by atoms with Crippen LogP contribution in [0, 0.1) is 0 Å². The third-order valence-corrected chi connectivity index (χ3v) is 2.85. The van der Waals surface area contributed by atoms with E-state index in [0.717, 1.165) is 0 Å². The molecule has 0 saturated heterocycles. The molecule has 0 N–H and O–H groups in total. The lowest BCUT2D eigenvalue weighted by Crippen LogP contribution is -2.36. The molecule has 1 aliphatic rings. The molecule has 0 bridgehead atoms. The monoisotopic (exact) mass is 202 g/mol. The standard InChI is InChI=1S/C13H18N2/c1-3-7-13-14(2)10-11-15(13)12-8-5-4-6-9-12/h4-6,8-11,13H,3,7H2,1-2H3. The highest BCUT2D eigenvalue weighted by Crippen LogP contribution is 2.25. The van der Waals surface area contributed by atoms with Gasteiger partial charge in [-0.25, -0.2) is 0 Å². The van der Waals surface area contributed by atoms with Crippen LogP contribution in [-0.4, -0.2) is 18.1 Å². The molecule has 0 aliphatic carbocycles. The van der Waals surface area contributed by atoms with Crippen molar-refractivity contribution < 1.29 is 0 Å². The van der Waals surface area contributed by atoms with Crippen LogP contribution in [-0.2, 0) is 0 Å². The number of rotatable bonds is 3. The van der Waals surface area contributed by atoms with Gasteiger partial charge in [-0.1, -0.05) is 31.5 Å². The number of hydrogen-bond acceptors (Lipinski definition) is 2. The third-order valence-electron chi connectivity index (χ3n) is 2.85. The van der Waals surface area contributed by atoms with Gasteiger partial charge in [0.05, 0.1) is 0 Å². The summed E-state index contributed by atoms with van der Waals surface area (Å²) in [7, 11) is 2.14. The minimum atomic E-state index is 0.484. The molecule has 0 aromatic heterocycles. The maximum absolute atomic E-state index is 2.34. The summed E-state index contributed by atoms with van der Waals surface area (Å²) in [6.45, 7) is 2.23. The van der Waals surface area contributed by atoms with Crippen molar-refractivity contribution in [2.45, 2.75) is 25.9 Å². The SMILES string of the molecule is CCCC1N(C)C=CN1c1ccccc1. The molecular formula is C13H18N2. The Morgan fingerprint density at radius 1 is 1.13 bits per heavy atom. The van der Waals surface area contributed by atoms with Crippen LogP contribution in [0.25, 0.3) is 0 Å². The molecule has 2 rings (SSSR count). The van der Waals surface area contributed by atoms with Crippen molar-refractivity contribution >= 4 is 5.69 Å². The molecule has 1 heterocycles. The second kappa shape index (κ2) is 4.39. The third kappa shape index (κ3) is 1.99. The molecule has 1 atom stereocenters. The van der Waals surface area contributed by atoms with E-state index >= 15 is 0 Å². The van der Waals surface area contributed by atoms with Crippen LogP contribution in [0.15, 0.2) is 42.7 Å². The van der Waals surface area contributed by atoms with Crippen LogP contribution in [0.3, 0.4) is 0 Å². The Hall–Kier alpha value is -1.44. The van der Waals surface area contributed by atoms with Crippen molar-refractivity contribution in [1.82, 2.24) is 4.90 Å². The number of nitrogens with zero attached hydrogens (tertiary/aromatic N) is 2. The van der Waals surface area contributed by atoms with Gasteiger partial charge in [0.15, 0.2) is 0 Å². The number of para-hydroxylation sites is 1. The van der Waals surface area contributed by atoms with Gasteiger partial charge in [0.2, 0.25) is 0 Å². The van der Waals surface area contributed by atoms with Gasteiger partial charge in [-0.3, -0.25) is 0 Å². The Morgan fingerprint density at radius 2 is 1.87 bits per heavy atom. The molecule has 0 saturated carbocycles. The van der Waals surface area contributed by atoms with Crippen LogP contribution in [0.5, 0.6) is 0 Å². The highest BCUT2D eigenvalue weighted by molar-refractivity contribution is 5.51. The predicted octanol–water partition coefficient (Wildman–Crippen LogP) is 3.04. The van der Waals surface area contributed by atoms with Crippen LogP contribution in [0.1, 0.15) is 19.8 Å². The van der Waals surface area contributed by atoms with E-state index in [1.807, 2.05) is 0 Å². The van der Waals surface area contributed by atoms with Gasteiger partial charge in [-0.2, -0.15) is 0 Å². The summed E-state index contributed by atoms with van der Waals surface area (Å²) in [4.78, 5) is 4.61. The zero-order valence-corrected chi connectivity index (χ0v) is 9.43. The fourth-order valence-corrected chi connectivity index (χ4v) is 2.03. The molecule has 0 radical (unpaired) electrons. The Kier molecular flexibility index (Phi) is 2.95. The average molecular weight is 202 g/mol. The van der Waals surface area contributed by atoms with Gasteiger partial charge in [0.1, 0.15) is 6.17 Å². The van der Waals surface area contributed by atoms with Gasteiger partial charge in [-0.15, -0.1) is 0 Å². The molecule has 0 amide bonds. The summed E-state index contributed by atoms with van der Waals surface area (Å²) in [6, 6.07) is 10.6. The van der Waals surface area contributed by atoms with E-state index in [1.165, 1.54) is 18.5 Å². The van der Waals surface area contributed by atoms with E-state index < -0.39 is 0 Å². The van der Waals surface area contributed by atoms with Crippen molar-refractivity contribution in [2.24, 2.45) is 0 Å². The zero-order chi connectivity index (χ0) is 10.7. The second-order valence-electron chi connectivity index (χ2n) is 3.98. The van der Waals surface area contributed by atoms with Crippen LogP contribution < -0.4 is 4.90 Å². The minimum absolute atomic E-state index is 0.484. The van der Waals surface area contributed by atoms with Gasteiger partial charge >= 0.3 is 0 Å². The van der Waals surface area contributed by atoms with E-state index in [1.54, 1.807) is 0 Å². The van der Waals surface area contributed by atoms with Crippen molar-refractivity contribution in [3.8, 4) is 0 Å². The molecule has 1 unspecified atom stereocenters. The Balaban J connectivity index is 2.18. The van der Waals surface area contributed by atoms with Crippen molar-refractivity contribution in [3.63, 3.8) is 0 Å². The summed E-state index contributed by atoms with van der Waals surface area (Å²) in [6.07, 6.45) is 7.19. The number of hydrogen-bond donors (Lipinski definition) is 0. The molecule has 1 aromatic carbocycles. The minimum Gasteiger partial charge on any atom is -0.359 e. The maximum atomic E-state index is 2.34. The summed E-state index contributed by atoms with van der Waals surface area (Å²) >= 11 is 0. The average Bonchev–Trinajstić information content (AvgIpc) is 2.63. The molecule has 1 aromatic rings. The number of anilines is 1. The smallest absolute Gasteiger partial charge is 0.105 e. The Labute approximate surface area is 91.8 Å². The number of benzene rings is 1. The topological polar surface area (TPSA) is 6.48 Å². The summed E-state index contributed by atoms with van der Waals surface area (Å²) < 4.78 is 0. The Bertz CT molecular complexity index is 332. The summed E-state index contributed by atoms with van der Waals surface area (Å²) in [5, 5.41) is 0. The fourth-order valence-electron chi connectivity index (χ4n) is 2.03. The lowest BCUT2D eigenvalue weighted by Gasteiger charge is -2.30. The van der Waals surface area contributed by atoms with Crippen molar-refractivity contribution in [2.75, 3.05) is 11.9 Å². The highest BCUT2D eigenvalue weighted by atomic mass is 15.4. The Morgan fingerprint density at radius 3 is 2.53 bits per heavy atom. The van der Waals surface area contributed by atoms with E-state index in [4.69, 9.17) is 0 Å². The van der Waals surface area contributed by atoms with Crippen molar-refractivity contribution in [3.05, 3.63) is 42.7 Å². The quantitative estimate of drug-likeness (QED) is 0.743. The van der Waals surface area contributed by atoms with E-state index in [9.17, 15) is 0 Å². The molecule has 2 heteroatoms. The lowest BCUT2D eigenvalue weighted by molar-refractivity contribution is 0.337. The maximum Gasteiger partial charge on any atom is 0.105 e. The molecular weight excluding hydrogens is 184 g/mol. The first-order chi connectivity index (χ1) is 7.33. The van der Waals surface area contributed by atoms with Crippen LogP contribution >= 0.6 is 0 Å². The van der Waals surface area contributed by atoms with Gasteiger partial charge in [-0.05, 0) is 18.6 Å². The van der Waals surface area contributed by atoms with E-state index in [-0.39, 0.29) is 0 Å². The predicted molar refractivity (Wildman–Crippen MR) is 64.5 cm³/mol. The van der Waals surface area contributed by atoms with E-state index in [2.05, 4.69) is 66.5 Å². The first kappa shape index (κ1) is 10.1. The molecule has 1 aliphatic heterocycles. The summed E-state index contributed by atoms with van der Waals surface area (Å²) in [5.74, 6) is 0. The fraction of sp³-hybridized carbons (Fsp3) is 0.385. The normalized spacial score (nSPS) is 20.0.